The molecule has 0 radical (unpaired) electrons. The number of urea groups is 1. The van der Waals surface area contributed by atoms with Crippen LogP contribution in [0.4, 0.5) is 4.79 Å². The molecule has 0 saturated heterocycles. The SMILES string of the molecule is CSc1nnc(CNC(=O)NC(CCC(=O)O)Cc2ccccc2)s1. The Morgan fingerprint density at radius 1 is 1.28 bits per heavy atom. The van der Waals surface area contributed by atoms with Crippen LogP contribution in [0.5, 0.6) is 0 Å². The van der Waals surface area contributed by atoms with E-state index in [1.165, 1.54) is 23.1 Å². The summed E-state index contributed by atoms with van der Waals surface area (Å²) in [5.74, 6) is -0.876. The predicted octanol–water partition coefficient (Wildman–Crippen LogP) is 2.54. The molecule has 0 aliphatic carbocycles. The van der Waals surface area contributed by atoms with E-state index in [1.54, 1.807) is 0 Å². The van der Waals surface area contributed by atoms with Crippen molar-refractivity contribution in [2.24, 2.45) is 0 Å². The molecule has 3 N–H and O–H groups in total. The summed E-state index contributed by atoms with van der Waals surface area (Å²) in [4.78, 5) is 23.0. The maximum absolute atomic E-state index is 12.1. The van der Waals surface area contributed by atoms with Crippen molar-refractivity contribution in [1.82, 2.24) is 20.8 Å². The van der Waals surface area contributed by atoms with Gasteiger partial charge in [0.05, 0.1) is 6.54 Å². The molecule has 1 heterocycles. The van der Waals surface area contributed by atoms with Gasteiger partial charge in [-0.1, -0.05) is 53.4 Å². The molecule has 1 aromatic carbocycles. The van der Waals surface area contributed by atoms with E-state index in [0.29, 0.717) is 19.4 Å². The molecule has 0 spiro atoms. The fourth-order valence-corrected chi connectivity index (χ4v) is 3.46. The second kappa shape index (κ2) is 10.00. The van der Waals surface area contributed by atoms with E-state index >= 15 is 0 Å². The molecule has 2 amide bonds. The Bertz CT molecular complexity index is 694. The third-order valence-electron chi connectivity index (χ3n) is 3.39. The Morgan fingerprint density at radius 3 is 2.68 bits per heavy atom. The molecule has 1 atom stereocenters. The van der Waals surface area contributed by atoms with E-state index in [4.69, 9.17) is 5.11 Å². The molecule has 0 fully saturated rings. The number of carboxylic acid groups (broad SMARTS) is 1. The maximum Gasteiger partial charge on any atom is 0.315 e. The van der Waals surface area contributed by atoms with E-state index in [9.17, 15) is 9.59 Å². The molecule has 1 aromatic heterocycles. The van der Waals surface area contributed by atoms with Crippen LogP contribution in [0, 0.1) is 0 Å². The summed E-state index contributed by atoms with van der Waals surface area (Å²) in [5.41, 5.74) is 1.05. The van der Waals surface area contributed by atoms with Gasteiger partial charge in [-0.25, -0.2) is 4.79 Å². The van der Waals surface area contributed by atoms with Crippen LogP contribution in [0.15, 0.2) is 34.7 Å². The van der Waals surface area contributed by atoms with Crippen LogP contribution in [-0.4, -0.2) is 39.6 Å². The largest absolute Gasteiger partial charge is 0.481 e. The number of nitrogens with zero attached hydrogens (tertiary/aromatic N) is 2. The minimum Gasteiger partial charge on any atom is -0.481 e. The fourth-order valence-electron chi connectivity index (χ4n) is 2.21. The molecular formula is C16H20N4O3S2. The number of carboxylic acids is 1. The normalized spacial score (nSPS) is 11.7. The van der Waals surface area contributed by atoms with Crippen molar-refractivity contribution < 1.29 is 14.7 Å². The first-order valence-corrected chi connectivity index (χ1v) is 9.77. The van der Waals surface area contributed by atoms with Crippen molar-refractivity contribution in [2.45, 2.75) is 36.2 Å². The van der Waals surface area contributed by atoms with Gasteiger partial charge in [0.25, 0.3) is 0 Å². The van der Waals surface area contributed by atoms with Crippen molar-refractivity contribution in [3.8, 4) is 0 Å². The number of aromatic nitrogens is 2. The molecule has 2 rings (SSSR count). The molecule has 1 unspecified atom stereocenters. The van der Waals surface area contributed by atoms with E-state index in [-0.39, 0.29) is 18.5 Å². The zero-order valence-electron chi connectivity index (χ0n) is 13.8. The molecule has 2 aromatic rings. The minimum absolute atomic E-state index is 0.00522. The van der Waals surface area contributed by atoms with Gasteiger partial charge in [-0.15, -0.1) is 10.2 Å². The molecule has 0 bridgehead atoms. The van der Waals surface area contributed by atoms with E-state index in [2.05, 4.69) is 20.8 Å². The van der Waals surface area contributed by atoms with Crippen LogP contribution in [0.1, 0.15) is 23.4 Å². The van der Waals surface area contributed by atoms with Gasteiger partial charge in [-0.05, 0) is 24.7 Å². The predicted molar refractivity (Wildman–Crippen MR) is 97.9 cm³/mol. The average molecular weight is 380 g/mol. The lowest BCUT2D eigenvalue weighted by molar-refractivity contribution is -0.137. The lowest BCUT2D eigenvalue weighted by Gasteiger charge is -2.18. The van der Waals surface area contributed by atoms with E-state index in [0.717, 1.165) is 14.9 Å². The number of carbonyl (C=O) groups is 2. The van der Waals surface area contributed by atoms with Gasteiger partial charge >= 0.3 is 12.0 Å². The lowest BCUT2D eigenvalue weighted by atomic mass is 10.0. The molecule has 0 saturated carbocycles. The maximum atomic E-state index is 12.1. The van der Waals surface area contributed by atoms with Crippen molar-refractivity contribution in [2.75, 3.05) is 6.26 Å². The van der Waals surface area contributed by atoms with Crippen LogP contribution >= 0.6 is 23.1 Å². The topological polar surface area (TPSA) is 104 Å². The van der Waals surface area contributed by atoms with Crippen molar-refractivity contribution in [1.29, 1.82) is 0 Å². The van der Waals surface area contributed by atoms with Crippen LogP contribution < -0.4 is 10.6 Å². The van der Waals surface area contributed by atoms with Crippen molar-refractivity contribution in [3.63, 3.8) is 0 Å². The van der Waals surface area contributed by atoms with Gasteiger partial charge in [-0.2, -0.15) is 0 Å². The first-order valence-electron chi connectivity index (χ1n) is 7.73. The highest BCUT2D eigenvalue weighted by Gasteiger charge is 2.15. The number of rotatable bonds is 9. The zero-order valence-corrected chi connectivity index (χ0v) is 15.4. The monoisotopic (exact) mass is 380 g/mol. The molecule has 7 nitrogen and oxygen atoms in total. The lowest BCUT2D eigenvalue weighted by Crippen LogP contribution is -2.43. The first kappa shape index (κ1) is 19.2. The smallest absolute Gasteiger partial charge is 0.315 e. The quantitative estimate of drug-likeness (QED) is 0.578. The number of hydrogen-bond donors (Lipinski definition) is 3. The third-order valence-corrected chi connectivity index (χ3v) is 5.29. The summed E-state index contributed by atoms with van der Waals surface area (Å²) >= 11 is 2.94. The summed E-state index contributed by atoms with van der Waals surface area (Å²) < 4.78 is 0.848. The summed E-state index contributed by atoms with van der Waals surface area (Å²) in [6.45, 7) is 0.293. The number of benzene rings is 1. The summed E-state index contributed by atoms with van der Waals surface area (Å²) in [5, 5.41) is 23.2. The van der Waals surface area contributed by atoms with Gasteiger partial charge in [0.15, 0.2) is 4.34 Å². The molecule has 9 heteroatoms. The second-order valence-electron chi connectivity index (χ2n) is 5.31. The van der Waals surface area contributed by atoms with E-state index < -0.39 is 5.97 Å². The Balaban J connectivity index is 1.87. The minimum atomic E-state index is -0.876. The summed E-state index contributed by atoms with van der Waals surface area (Å²) in [7, 11) is 0. The number of nitrogens with one attached hydrogen (secondary N) is 2. The summed E-state index contributed by atoms with van der Waals surface area (Å²) in [6, 6.07) is 9.07. The van der Waals surface area contributed by atoms with Crippen molar-refractivity contribution >= 4 is 35.1 Å². The van der Waals surface area contributed by atoms with Crippen LogP contribution in [0.3, 0.4) is 0 Å². The van der Waals surface area contributed by atoms with Crippen LogP contribution in [0.25, 0.3) is 0 Å². The standard InChI is InChI=1S/C16H20N4O3S2/c1-24-16-20-19-13(25-16)10-17-15(23)18-12(7-8-14(21)22)9-11-5-3-2-4-6-11/h2-6,12H,7-10H2,1H3,(H,21,22)(H2,17,18,23). The van der Waals surface area contributed by atoms with Gasteiger partial charge in [0.2, 0.25) is 0 Å². The highest BCUT2D eigenvalue weighted by atomic mass is 32.2. The Labute approximate surface area is 154 Å². The molecule has 25 heavy (non-hydrogen) atoms. The van der Waals surface area contributed by atoms with Crippen LogP contribution in [0.2, 0.25) is 0 Å². The summed E-state index contributed by atoms with van der Waals surface area (Å²) in [6.07, 6.45) is 2.87. The number of carbonyl (C=O) groups excluding carboxylic acids is 1. The van der Waals surface area contributed by atoms with Gasteiger partial charge < -0.3 is 15.7 Å². The third kappa shape index (κ3) is 7.10. The van der Waals surface area contributed by atoms with Gasteiger partial charge in [0.1, 0.15) is 5.01 Å². The fraction of sp³-hybridized carbons (Fsp3) is 0.375. The number of aliphatic carboxylic acids is 1. The Kier molecular flexibility index (Phi) is 7.68. The number of thioether (sulfide) groups is 1. The molecule has 0 aliphatic rings. The molecular weight excluding hydrogens is 360 g/mol. The van der Waals surface area contributed by atoms with Gasteiger partial charge in [0, 0.05) is 12.5 Å². The van der Waals surface area contributed by atoms with Crippen LogP contribution in [-0.2, 0) is 17.8 Å². The number of amides is 2. The molecule has 0 aliphatic heterocycles. The van der Waals surface area contributed by atoms with E-state index in [1.807, 2.05) is 36.6 Å². The highest BCUT2D eigenvalue weighted by molar-refractivity contribution is 8.00. The number of hydrogen-bond acceptors (Lipinski definition) is 6. The average Bonchev–Trinajstić information content (AvgIpc) is 3.07. The second-order valence-corrected chi connectivity index (χ2v) is 7.43. The first-order chi connectivity index (χ1) is 12.1. The highest BCUT2D eigenvalue weighted by Crippen LogP contribution is 2.19. The Hall–Kier alpha value is -2.13. The van der Waals surface area contributed by atoms with Gasteiger partial charge in [-0.3, -0.25) is 4.79 Å². The van der Waals surface area contributed by atoms with Crippen molar-refractivity contribution in [3.05, 3.63) is 40.9 Å². The zero-order chi connectivity index (χ0) is 18.1. The molecule has 134 valence electrons. The Morgan fingerprint density at radius 2 is 2.04 bits per heavy atom.